The maximum atomic E-state index is 13.3. The maximum absolute atomic E-state index is 13.3. The van der Waals surface area contributed by atoms with Crippen molar-refractivity contribution in [2.75, 3.05) is 0 Å². The van der Waals surface area contributed by atoms with Crippen LogP contribution in [-0.2, 0) is 11.3 Å². The van der Waals surface area contributed by atoms with E-state index in [2.05, 4.69) is 6.07 Å². The number of carbonyl (C=O) groups excluding carboxylic acids is 2. The first-order valence-electron chi connectivity index (χ1n) is 10.6. The van der Waals surface area contributed by atoms with Gasteiger partial charge in [0.25, 0.3) is 0 Å². The van der Waals surface area contributed by atoms with E-state index in [1.165, 1.54) is 0 Å². The van der Waals surface area contributed by atoms with Gasteiger partial charge in [-0.05, 0) is 56.2 Å². The van der Waals surface area contributed by atoms with Crippen LogP contribution in [0.3, 0.4) is 0 Å². The number of ether oxygens (including phenoxy) is 1. The lowest BCUT2D eigenvalue weighted by Gasteiger charge is -2.47. The smallest absolute Gasteiger partial charge is 0.410 e. The highest BCUT2D eigenvalue weighted by atomic mass is 16.6. The summed E-state index contributed by atoms with van der Waals surface area (Å²) >= 11 is 0. The Morgan fingerprint density at radius 2 is 1.77 bits per heavy atom. The number of ketones is 1. The third-order valence-corrected chi connectivity index (χ3v) is 6.40. The van der Waals surface area contributed by atoms with Gasteiger partial charge in [-0.3, -0.25) is 4.79 Å². The molecule has 4 rings (SSSR count). The standard InChI is InChI=1S/C25H26N2O3/c1-17-7-5-10-19(15-26)23(17)24(28)20-13-21-11-6-12-22(14-20)27(21)25(29)30-16-18-8-3-2-4-9-18/h2-5,7-10,20-22H,6,11-14,16H2,1H3. The molecule has 2 unspecified atom stereocenters. The van der Waals surface area contributed by atoms with Crippen molar-refractivity contribution in [3.05, 3.63) is 70.8 Å². The minimum atomic E-state index is -0.284. The molecular formula is C25H26N2O3. The molecule has 0 aromatic heterocycles. The second-order valence-corrected chi connectivity index (χ2v) is 8.33. The molecule has 154 valence electrons. The molecule has 5 nitrogen and oxygen atoms in total. The number of piperidine rings is 2. The molecule has 0 radical (unpaired) electrons. The minimum Gasteiger partial charge on any atom is -0.445 e. The quantitative estimate of drug-likeness (QED) is 0.673. The van der Waals surface area contributed by atoms with Crippen LogP contribution in [-0.4, -0.2) is 28.9 Å². The number of carbonyl (C=O) groups is 2. The van der Waals surface area contributed by atoms with Gasteiger partial charge in [-0.1, -0.05) is 42.5 Å². The van der Waals surface area contributed by atoms with Crippen molar-refractivity contribution in [2.24, 2.45) is 5.92 Å². The summed E-state index contributed by atoms with van der Waals surface area (Å²) in [5, 5.41) is 9.45. The lowest BCUT2D eigenvalue weighted by molar-refractivity contribution is 0.00470. The summed E-state index contributed by atoms with van der Waals surface area (Å²) in [6.07, 6.45) is 3.82. The predicted octanol–water partition coefficient (Wildman–Crippen LogP) is 5.02. The molecule has 2 aliphatic heterocycles. The van der Waals surface area contributed by atoms with Gasteiger partial charge in [0, 0.05) is 23.6 Å². The molecule has 0 spiro atoms. The van der Waals surface area contributed by atoms with Crippen LogP contribution < -0.4 is 0 Å². The number of aryl methyl sites for hydroxylation is 1. The second-order valence-electron chi connectivity index (χ2n) is 8.33. The normalized spacial score (nSPS) is 22.8. The van der Waals surface area contributed by atoms with E-state index < -0.39 is 0 Å². The topological polar surface area (TPSA) is 70.4 Å². The first-order valence-corrected chi connectivity index (χ1v) is 10.6. The molecule has 30 heavy (non-hydrogen) atoms. The van der Waals surface area contributed by atoms with Gasteiger partial charge >= 0.3 is 6.09 Å². The lowest BCUT2D eigenvalue weighted by atomic mass is 9.75. The molecule has 2 saturated heterocycles. The van der Waals surface area contributed by atoms with Crippen LogP contribution >= 0.6 is 0 Å². The molecule has 2 aromatic carbocycles. The van der Waals surface area contributed by atoms with Crippen LogP contribution in [0.25, 0.3) is 0 Å². The first kappa shape index (κ1) is 20.2. The monoisotopic (exact) mass is 402 g/mol. The van der Waals surface area contributed by atoms with Crippen molar-refractivity contribution < 1.29 is 14.3 Å². The molecule has 0 N–H and O–H groups in total. The Morgan fingerprint density at radius 1 is 1.07 bits per heavy atom. The van der Waals surface area contributed by atoms with E-state index >= 15 is 0 Å². The van der Waals surface area contributed by atoms with Crippen LogP contribution in [0.1, 0.15) is 59.2 Å². The number of hydrogen-bond acceptors (Lipinski definition) is 4. The molecule has 2 atom stereocenters. The fourth-order valence-corrected chi connectivity index (χ4v) is 4.98. The van der Waals surface area contributed by atoms with Crippen LogP contribution in [0.2, 0.25) is 0 Å². The van der Waals surface area contributed by atoms with E-state index in [1.54, 1.807) is 6.07 Å². The Morgan fingerprint density at radius 3 is 2.43 bits per heavy atom. The van der Waals surface area contributed by atoms with Crippen molar-refractivity contribution in [1.29, 1.82) is 5.26 Å². The van der Waals surface area contributed by atoms with Crippen LogP contribution in [0.5, 0.6) is 0 Å². The van der Waals surface area contributed by atoms with Crippen LogP contribution in [0.15, 0.2) is 48.5 Å². The van der Waals surface area contributed by atoms with Gasteiger partial charge in [-0.25, -0.2) is 4.79 Å². The average molecular weight is 402 g/mol. The first-order chi connectivity index (χ1) is 14.6. The summed E-state index contributed by atoms with van der Waals surface area (Å²) in [6.45, 7) is 2.14. The van der Waals surface area contributed by atoms with E-state index in [4.69, 9.17) is 4.74 Å². The Labute approximate surface area is 177 Å². The molecule has 2 heterocycles. The summed E-state index contributed by atoms with van der Waals surface area (Å²) < 4.78 is 5.60. The van der Waals surface area contributed by atoms with Crippen molar-refractivity contribution >= 4 is 11.9 Å². The largest absolute Gasteiger partial charge is 0.445 e. The number of amides is 1. The van der Waals surface area contributed by atoms with Crippen molar-refractivity contribution in [1.82, 2.24) is 4.90 Å². The number of fused-ring (bicyclic) bond motifs is 2. The van der Waals surface area contributed by atoms with Gasteiger partial charge in [0.15, 0.2) is 5.78 Å². The molecule has 2 aromatic rings. The van der Waals surface area contributed by atoms with Crippen LogP contribution in [0, 0.1) is 24.2 Å². The summed E-state index contributed by atoms with van der Waals surface area (Å²) in [5.74, 6) is -0.120. The molecule has 1 amide bonds. The summed E-state index contributed by atoms with van der Waals surface area (Å²) in [4.78, 5) is 28.1. The van der Waals surface area contributed by atoms with Gasteiger partial charge in [0.2, 0.25) is 0 Å². The average Bonchev–Trinajstić information content (AvgIpc) is 2.76. The van der Waals surface area contributed by atoms with Crippen LogP contribution in [0.4, 0.5) is 4.79 Å². The number of rotatable bonds is 4. The lowest BCUT2D eigenvalue weighted by Crippen LogP contribution is -2.55. The SMILES string of the molecule is Cc1cccc(C#N)c1C(=O)C1CC2CCCC(C1)N2C(=O)OCc1ccccc1. The van der Waals surface area contributed by atoms with Gasteiger partial charge in [0.1, 0.15) is 6.61 Å². The van der Waals surface area contributed by atoms with E-state index in [0.717, 1.165) is 30.4 Å². The van der Waals surface area contributed by atoms with Crippen molar-refractivity contribution in [3.63, 3.8) is 0 Å². The second kappa shape index (κ2) is 8.71. The Hall–Kier alpha value is -3.13. The van der Waals surface area contributed by atoms with E-state index in [9.17, 15) is 14.9 Å². The van der Waals surface area contributed by atoms with Gasteiger partial charge < -0.3 is 9.64 Å². The molecule has 0 saturated carbocycles. The summed E-state index contributed by atoms with van der Waals surface area (Å²) in [7, 11) is 0. The highest BCUT2D eigenvalue weighted by Crippen LogP contribution is 2.39. The highest BCUT2D eigenvalue weighted by molar-refractivity contribution is 6.01. The van der Waals surface area contributed by atoms with Gasteiger partial charge in [0.05, 0.1) is 11.6 Å². The zero-order chi connectivity index (χ0) is 21.1. The summed E-state index contributed by atoms with van der Waals surface area (Å²) in [5.41, 5.74) is 2.79. The number of Topliss-reactive ketones (excluding diaryl/α,β-unsaturated/α-hetero) is 1. The number of nitrogens with zero attached hydrogens (tertiary/aromatic N) is 2. The molecule has 2 fully saturated rings. The third kappa shape index (κ3) is 3.95. The maximum Gasteiger partial charge on any atom is 0.410 e. The number of nitriles is 1. The van der Waals surface area contributed by atoms with Gasteiger partial charge in [-0.15, -0.1) is 0 Å². The Kier molecular flexibility index (Phi) is 5.85. The fraction of sp³-hybridized carbons (Fsp3) is 0.400. The number of hydrogen-bond donors (Lipinski definition) is 0. The molecular weight excluding hydrogens is 376 g/mol. The van der Waals surface area contributed by atoms with E-state index in [1.807, 2.05) is 54.3 Å². The molecule has 0 aliphatic carbocycles. The minimum absolute atomic E-state index is 0.0178. The highest BCUT2D eigenvalue weighted by Gasteiger charge is 2.44. The van der Waals surface area contributed by atoms with Gasteiger partial charge in [-0.2, -0.15) is 5.26 Å². The summed E-state index contributed by atoms with van der Waals surface area (Å²) in [6, 6.07) is 17.3. The number of benzene rings is 2. The van der Waals surface area contributed by atoms with E-state index in [-0.39, 0.29) is 36.5 Å². The Bertz CT molecular complexity index is 966. The third-order valence-electron chi connectivity index (χ3n) is 6.40. The Balaban J connectivity index is 1.48. The molecule has 2 aliphatic rings. The van der Waals surface area contributed by atoms with Crippen molar-refractivity contribution in [2.45, 2.75) is 57.7 Å². The fourth-order valence-electron chi connectivity index (χ4n) is 4.98. The predicted molar refractivity (Wildman–Crippen MR) is 113 cm³/mol. The van der Waals surface area contributed by atoms with E-state index in [0.29, 0.717) is 24.0 Å². The zero-order valence-electron chi connectivity index (χ0n) is 17.2. The zero-order valence-corrected chi connectivity index (χ0v) is 17.2. The van der Waals surface area contributed by atoms with Crippen molar-refractivity contribution in [3.8, 4) is 6.07 Å². The molecule has 2 bridgehead atoms. The molecule has 5 heteroatoms.